The van der Waals surface area contributed by atoms with Crippen molar-refractivity contribution in [1.82, 2.24) is 0 Å². The quantitative estimate of drug-likeness (QED) is 0.569. The van der Waals surface area contributed by atoms with E-state index in [1.54, 1.807) is 0 Å². The van der Waals surface area contributed by atoms with E-state index < -0.39 is 0 Å². The molecule has 3 heteroatoms. The third-order valence-electron chi connectivity index (χ3n) is 2.38. The first-order valence-electron chi connectivity index (χ1n) is 6.34. The third-order valence-corrected chi connectivity index (χ3v) is 3.09. The average Bonchev–Trinajstić information content (AvgIpc) is 3.18. The van der Waals surface area contributed by atoms with E-state index in [0.29, 0.717) is 0 Å². The first kappa shape index (κ1) is 22.8. The largest absolute Gasteiger partial charge is 0.273 e. The predicted molar refractivity (Wildman–Crippen MR) is 93.9 cm³/mol. The van der Waals surface area contributed by atoms with E-state index >= 15 is 0 Å². The molecule has 2 aliphatic rings. The SMILES string of the molecule is C[C](=[Zr+2])c1ccccc1.Cl.Cl.[C-]1=CC=CC1.[C-]1=CC=CC1. The van der Waals surface area contributed by atoms with Gasteiger partial charge in [0, 0.05) is 0 Å². The summed E-state index contributed by atoms with van der Waals surface area (Å²) in [6, 6.07) is 10.5. The van der Waals surface area contributed by atoms with Gasteiger partial charge in [-0.15, -0.1) is 37.7 Å². The second-order valence-electron chi connectivity index (χ2n) is 4.00. The van der Waals surface area contributed by atoms with Gasteiger partial charge in [-0.25, -0.2) is 24.3 Å². The molecule has 0 unspecified atom stereocenters. The summed E-state index contributed by atoms with van der Waals surface area (Å²) < 4.78 is 1.46. The molecule has 1 aromatic carbocycles. The van der Waals surface area contributed by atoms with Crippen molar-refractivity contribution in [2.24, 2.45) is 0 Å². The summed E-state index contributed by atoms with van der Waals surface area (Å²) in [6.07, 6.45) is 20.0. The number of hydrogen-bond acceptors (Lipinski definition) is 0. The Hall–Kier alpha value is -0.487. The van der Waals surface area contributed by atoms with Gasteiger partial charge in [0.15, 0.2) is 0 Å². The molecule has 0 N–H and O–H groups in total. The van der Waals surface area contributed by atoms with E-state index in [0.717, 1.165) is 12.8 Å². The van der Waals surface area contributed by atoms with Crippen LogP contribution in [0, 0.1) is 12.2 Å². The molecule has 110 valence electrons. The monoisotopic (exact) mass is 396 g/mol. The average molecular weight is 398 g/mol. The second kappa shape index (κ2) is 15.9. The van der Waals surface area contributed by atoms with Crippen molar-refractivity contribution in [3.63, 3.8) is 0 Å². The van der Waals surface area contributed by atoms with Crippen molar-refractivity contribution < 1.29 is 24.2 Å². The van der Waals surface area contributed by atoms with Gasteiger partial charge in [0.2, 0.25) is 0 Å². The molecule has 0 fully saturated rings. The Kier molecular flexibility index (Phi) is 17.2. The molecule has 0 bridgehead atoms. The van der Waals surface area contributed by atoms with Gasteiger partial charge in [-0.05, 0) is 0 Å². The van der Waals surface area contributed by atoms with Crippen molar-refractivity contribution in [2.75, 3.05) is 0 Å². The molecule has 0 atom stereocenters. The van der Waals surface area contributed by atoms with Crippen LogP contribution in [0.25, 0.3) is 0 Å². The molecule has 3 rings (SSSR count). The maximum absolute atomic E-state index is 2.99. The van der Waals surface area contributed by atoms with Crippen molar-refractivity contribution in [2.45, 2.75) is 19.8 Å². The van der Waals surface area contributed by atoms with E-state index in [1.165, 1.54) is 33.0 Å². The minimum absolute atomic E-state index is 0. The van der Waals surface area contributed by atoms with E-state index in [9.17, 15) is 0 Å². The summed E-state index contributed by atoms with van der Waals surface area (Å²) >= 11 is 1.51. The van der Waals surface area contributed by atoms with Gasteiger partial charge in [-0.1, -0.05) is 0 Å². The van der Waals surface area contributed by atoms with Crippen molar-refractivity contribution in [3.05, 3.63) is 84.5 Å². The third kappa shape index (κ3) is 12.9. The standard InChI is InChI=1S/C8H8.2C5H5.2ClH.Zr/c1-2-8-6-4-3-5-7-8;2*1-2-4-5-3-1;;;/h3-7H,1H3;2*1-3H,4H2;2*1H;/q;2*-1;;;+2. The minimum Gasteiger partial charge on any atom is -0.273 e. The van der Waals surface area contributed by atoms with E-state index in [2.05, 4.69) is 55.5 Å². The zero-order valence-electron chi connectivity index (χ0n) is 12.1. The van der Waals surface area contributed by atoms with Crippen LogP contribution in [-0.2, 0) is 24.2 Å². The summed E-state index contributed by atoms with van der Waals surface area (Å²) in [5, 5.41) is 0. The van der Waals surface area contributed by atoms with Crippen LogP contribution in [0.5, 0.6) is 0 Å². The molecule has 0 amide bonds. The second-order valence-corrected chi connectivity index (χ2v) is 5.84. The molecule has 0 radical (unpaired) electrons. The molecule has 21 heavy (non-hydrogen) atoms. The summed E-state index contributed by atoms with van der Waals surface area (Å²) in [5.74, 6) is 0. The Labute approximate surface area is 155 Å². The number of rotatable bonds is 1. The fraction of sp³-hybridized carbons (Fsp3) is 0.167. The molecule has 0 saturated heterocycles. The fourth-order valence-corrected chi connectivity index (χ4v) is 1.78. The molecular formula is C18H20Cl2Zr. The number of halogens is 2. The Balaban J connectivity index is 0. The van der Waals surface area contributed by atoms with Crippen LogP contribution in [0.2, 0.25) is 0 Å². The first-order valence-corrected chi connectivity index (χ1v) is 7.57. The van der Waals surface area contributed by atoms with Crippen LogP contribution in [-0.4, -0.2) is 3.21 Å². The van der Waals surface area contributed by atoms with Crippen LogP contribution in [0.3, 0.4) is 0 Å². The van der Waals surface area contributed by atoms with Gasteiger partial charge in [-0.3, -0.25) is 12.2 Å². The number of benzene rings is 1. The number of hydrogen-bond donors (Lipinski definition) is 0. The van der Waals surface area contributed by atoms with Gasteiger partial charge in [0.25, 0.3) is 0 Å². The number of allylic oxidation sites excluding steroid dienone is 8. The smallest absolute Gasteiger partial charge is 0.109 e. The van der Waals surface area contributed by atoms with Crippen molar-refractivity contribution >= 4 is 28.0 Å². The van der Waals surface area contributed by atoms with Gasteiger partial charge in [0.1, 0.15) is 0 Å². The summed E-state index contributed by atoms with van der Waals surface area (Å²) in [6.45, 7) is 2.16. The van der Waals surface area contributed by atoms with Gasteiger partial charge < -0.3 is 0 Å². The van der Waals surface area contributed by atoms with Gasteiger partial charge in [0.05, 0.1) is 0 Å². The fourth-order valence-electron chi connectivity index (χ4n) is 1.37. The van der Waals surface area contributed by atoms with Gasteiger partial charge in [-0.2, -0.15) is 12.2 Å². The zero-order valence-corrected chi connectivity index (χ0v) is 16.2. The first-order chi connectivity index (χ1) is 9.30. The molecule has 2 aliphatic carbocycles. The Bertz CT molecular complexity index is 443. The maximum atomic E-state index is 2.99. The Morgan fingerprint density at radius 3 is 1.57 bits per heavy atom. The summed E-state index contributed by atoms with van der Waals surface area (Å²) in [7, 11) is 0. The van der Waals surface area contributed by atoms with Crippen molar-refractivity contribution in [1.29, 1.82) is 0 Å². The Morgan fingerprint density at radius 2 is 1.38 bits per heavy atom. The van der Waals surface area contributed by atoms with Gasteiger partial charge >= 0.3 is 70.3 Å². The Morgan fingerprint density at radius 1 is 0.905 bits per heavy atom. The van der Waals surface area contributed by atoms with Crippen LogP contribution >= 0.6 is 24.8 Å². The maximum Gasteiger partial charge on any atom is -0.109 e. The molecule has 1 aromatic rings. The molecule has 0 nitrogen and oxygen atoms in total. The van der Waals surface area contributed by atoms with Crippen LogP contribution in [0.4, 0.5) is 0 Å². The molecule has 0 aromatic heterocycles. The van der Waals surface area contributed by atoms with E-state index in [4.69, 9.17) is 0 Å². The predicted octanol–water partition coefficient (Wildman–Crippen LogP) is 5.23. The van der Waals surface area contributed by atoms with E-state index in [1.807, 2.05) is 30.4 Å². The van der Waals surface area contributed by atoms with E-state index in [-0.39, 0.29) is 24.8 Å². The minimum atomic E-state index is 0. The molecule has 0 saturated carbocycles. The summed E-state index contributed by atoms with van der Waals surface area (Å²) in [5.41, 5.74) is 1.37. The topological polar surface area (TPSA) is 0 Å². The normalized spacial score (nSPS) is 12.3. The summed E-state index contributed by atoms with van der Waals surface area (Å²) in [4.78, 5) is 0. The van der Waals surface area contributed by atoms with Crippen LogP contribution < -0.4 is 0 Å². The molecular weight excluding hydrogens is 378 g/mol. The van der Waals surface area contributed by atoms with Crippen LogP contribution in [0.15, 0.2) is 66.8 Å². The molecule has 0 spiro atoms. The molecule has 0 aliphatic heterocycles. The van der Waals surface area contributed by atoms with Crippen molar-refractivity contribution in [3.8, 4) is 0 Å². The van der Waals surface area contributed by atoms with Crippen LogP contribution in [0.1, 0.15) is 25.3 Å². The molecule has 0 heterocycles. The zero-order chi connectivity index (χ0) is 13.8.